The predicted octanol–water partition coefficient (Wildman–Crippen LogP) is 3.74. The lowest BCUT2D eigenvalue weighted by atomic mass is 10.2. The number of thiophene rings is 1. The highest BCUT2D eigenvalue weighted by Gasteiger charge is 2.16. The minimum Gasteiger partial charge on any atom is -0.382 e. The van der Waals surface area contributed by atoms with Gasteiger partial charge in [-0.2, -0.15) is 11.3 Å². The van der Waals surface area contributed by atoms with Gasteiger partial charge in [-0.15, -0.1) is 0 Å². The third kappa shape index (κ3) is 4.01. The molecule has 5 nitrogen and oxygen atoms in total. The van der Waals surface area contributed by atoms with E-state index in [2.05, 4.69) is 27.5 Å². The van der Waals surface area contributed by atoms with Crippen LogP contribution >= 0.6 is 11.3 Å². The third-order valence-electron chi connectivity index (χ3n) is 2.88. The maximum absolute atomic E-state index is 12.4. The highest BCUT2D eigenvalue weighted by Crippen LogP contribution is 2.19. The molecule has 2 heterocycles. The Balaban J connectivity index is 2.28. The van der Waals surface area contributed by atoms with E-state index in [1.165, 1.54) is 11.3 Å². The average molecular weight is 304 g/mol. The summed E-state index contributed by atoms with van der Waals surface area (Å²) in [5.74, 6) is 0.641. The van der Waals surface area contributed by atoms with Crippen LogP contribution in [0.2, 0.25) is 0 Å². The maximum Gasteiger partial charge on any atom is 0.276 e. The molecular formula is C15H20N4OS. The molecule has 0 saturated carbocycles. The summed E-state index contributed by atoms with van der Waals surface area (Å²) < 4.78 is 0. The summed E-state index contributed by atoms with van der Waals surface area (Å²) in [4.78, 5) is 21.2. The molecule has 6 heteroatoms. The highest BCUT2D eigenvalue weighted by atomic mass is 32.1. The molecule has 2 N–H and O–H groups in total. The van der Waals surface area contributed by atoms with Crippen molar-refractivity contribution in [2.24, 2.45) is 0 Å². The summed E-state index contributed by atoms with van der Waals surface area (Å²) in [6.45, 7) is 6.87. The Bertz CT molecular complexity index is 596. The fourth-order valence-corrected chi connectivity index (χ4v) is 2.35. The SMILES string of the molecule is CCCNc1cnc(C(C)C)nc1C(=O)Nc1ccsc1. The number of hydrogen-bond acceptors (Lipinski definition) is 5. The Morgan fingerprint density at radius 1 is 1.43 bits per heavy atom. The molecule has 0 fully saturated rings. The van der Waals surface area contributed by atoms with Crippen LogP contribution in [0.1, 0.15) is 49.4 Å². The van der Waals surface area contributed by atoms with Gasteiger partial charge in [-0.3, -0.25) is 4.79 Å². The van der Waals surface area contributed by atoms with E-state index in [0.29, 0.717) is 17.2 Å². The van der Waals surface area contributed by atoms with Gasteiger partial charge in [0.05, 0.1) is 17.6 Å². The van der Waals surface area contributed by atoms with Crippen LogP contribution in [-0.2, 0) is 0 Å². The number of carbonyl (C=O) groups is 1. The second-order valence-electron chi connectivity index (χ2n) is 5.04. The van der Waals surface area contributed by atoms with E-state index in [1.807, 2.05) is 30.7 Å². The van der Waals surface area contributed by atoms with Gasteiger partial charge in [0.25, 0.3) is 5.91 Å². The van der Waals surface area contributed by atoms with Crippen molar-refractivity contribution in [1.82, 2.24) is 9.97 Å². The molecule has 2 rings (SSSR count). The number of nitrogens with zero attached hydrogens (tertiary/aromatic N) is 2. The van der Waals surface area contributed by atoms with Gasteiger partial charge in [-0.25, -0.2) is 9.97 Å². The molecule has 0 saturated heterocycles. The second-order valence-corrected chi connectivity index (χ2v) is 5.82. The molecule has 0 aliphatic rings. The summed E-state index contributed by atoms with van der Waals surface area (Å²) in [6.07, 6.45) is 2.66. The van der Waals surface area contributed by atoms with Gasteiger partial charge in [0.1, 0.15) is 5.82 Å². The van der Waals surface area contributed by atoms with E-state index >= 15 is 0 Å². The summed E-state index contributed by atoms with van der Waals surface area (Å²) >= 11 is 1.54. The van der Waals surface area contributed by atoms with Gasteiger partial charge in [0, 0.05) is 17.8 Å². The second kappa shape index (κ2) is 7.17. The van der Waals surface area contributed by atoms with Crippen molar-refractivity contribution in [3.05, 3.63) is 34.5 Å². The fraction of sp³-hybridized carbons (Fsp3) is 0.400. The number of nitrogens with one attached hydrogen (secondary N) is 2. The van der Waals surface area contributed by atoms with Gasteiger partial charge in [-0.1, -0.05) is 20.8 Å². The summed E-state index contributed by atoms with van der Waals surface area (Å²) in [5, 5.41) is 9.88. The lowest BCUT2D eigenvalue weighted by Crippen LogP contribution is -2.18. The number of anilines is 2. The van der Waals surface area contributed by atoms with Crippen molar-refractivity contribution < 1.29 is 4.79 Å². The fourth-order valence-electron chi connectivity index (χ4n) is 1.76. The minimum atomic E-state index is -0.212. The van der Waals surface area contributed by atoms with Gasteiger partial charge < -0.3 is 10.6 Å². The maximum atomic E-state index is 12.4. The van der Waals surface area contributed by atoms with Crippen molar-refractivity contribution in [2.45, 2.75) is 33.1 Å². The topological polar surface area (TPSA) is 66.9 Å². The molecule has 21 heavy (non-hydrogen) atoms. The molecule has 2 aromatic rings. The molecule has 0 atom stereocenters. The zero-order valence-corrected chi connectivity index (χ0v) is 13.3. The zero-order chi connectivity index (χ0) is 15.2. The quantitative estimate of drug-likeness (QED) is 0.853. The van der Waals surface area contributed by atoms with Crippen LogP contribution in [0.4, 0.5) is 11.4 Å². The van der Waals surface area contributed by atoms with Crippen molar-refractivity contribution in [1.29, 1.82) is 0 Å². The first-order valence-corrected chi connectivity index (χ1v) is 8.00. The van der Waals surface area contributed by atoms with Crippen LogP contribution < -0.4 is 10.6 Å². The molecule has 1 amide bonds. The summed E-state index contributed by atoms with van der Waals surface area (Å²) in [7, 11) is 0. The molecule has 0 aromatic carbocycles. The molecule has 2 aromatic heterocycles. The molecule has 112 valence electrons. The standard InChI is InChI=1S/C15H20N4OS/c1-4-6-16-12-8-17-14(10(2)3)19-13(12)15(20)18-11-5-7-21-9-11/h5,7-10,16H,4,6H2,1-3H3,(H,18,20). The number of amides is 1. The van der Waals surface area contributed by atoms with Gasteiger partial charge in [0.15, 0.2) is 5.69 Å². The number of carbonyl (C=O) groups excluding carboxylic acids is 1. The summed E-state index contributed by atoms with van der Waals surface area (Å²) in [5.41, 5.74) is 1.86. The smallest absolute Gasteiger partial charge is 0.276 e. The first-order chi connectivity index (χ1) is 10.1. The normalized spacial score (nSPS) is 10.7. The van der Waals surface area contributed by atoms with Crippen molar-refractivity contribution >= 4 is 28.6 Å². The van der Waals surface area contributed by atoms with Gasteiger partial charge in [0.2, 0.25) is 0 Å². The predicted molar refractivity (Wildman–Crippen MR) is 87.2 cm³/mol. The largest absolute Gasteiger partial charge is 0.382 e. The molecule has 0 radical (unpaired) electrons. The number of rotatable bonds is 6. The lowest BCUT2D eigenvalue weighted by Gasteiger charge is -2.12. The Kier molecular flexibility index (Phi) is 5.27. The van der Waals surface area contributed by atoms with E-state index in [1.54, 1.807) is 6.20 Å². The molecule has 0 bridgehead atoms. The van der Waals surface area contributed by atoms with Crippen molar-refractivity contribution in [3.8, 4) is 0 Å². The third-order valence-corrected chi connectivity index (χ3v) is 3.57. The Morgan fingerprint density at radius 3 is 2.86 bits per heavy atom. The van der Waals surface area contributed by atoms with E-state index in [0.717, 1.165) is 18.7 Å². The van der Waals surface area contributed by atoms with Crippen LogP contribution in [-0.4, -0.2) is 22.4 Å². The first kappa shape index (κ1) is 15.4. The average Bonchev–Trinajstić information content (AvgIpc) is 2.97. The van der Waals surface area contributed by atoms with Crippen molar-refractivity contribution in [2.75, 3.05) is 17.2 Å². The van der Waals surface area contributed by atoms with Gasteiger partial charge in [-0.05, 0) is 17.9 Å². The minimum absolute atomic E-state index is 0.179. The van der Waals surface area contributed by atoms with Crippen LogP contribution in [0, 0.1) is 0 Å². The van der Waals surface area contributed by atoms with Crippen LogP contribution in [0.5, 0.6) is 0 Å². The van der Waals surface area contributed by atoms with Crippen LogP contribution in [0.3, 0.4) is 0 Å². The van der Waals surface area contributed by atoms with E-state index < -0.39 is 0 Å². The molecule has 0 aliphatic heterocycles. The first-order valence-electron chi connectivity index (χ1n) is 7.06. The van der Waals surface area contributed by atoms with Crippen LogP contribution in [0.25, 0.3) is 0 Å². The van der Waals surface area contributed by atoms with Crippen LogP contribution in [0.15, 0.2) is 23.0 Å². The van der Waals surface area contributed by atoms with E-state index in [4.69, 9.17) is 0 Å². The lowest BCUT2D eigenvalue weighted by molar-refractivity contribution is 0.102. The Hall–Kier alpha value is -1.95. The Labute approximate surface area is 128 Å². The summed E-state index contributed by atoms with van der Waals surface area (Å²) in [6, 6.07) is 1.87. The van der Waals surface area contributed by atoms with Gasteiger partial charge >= 0.3 is 0 Å². The molecule has 0 unspecified atom stereocenters. The van der Waals surface area contributed by atoms with E-state index in [-0.39, 0.29) is 11.8 Å². The van der Waals surface area contributed by atoms with E-state index in [9.17, 15) is 4.79 Å². The number of hydrogen-bond donors (Lipinski definition) is 2. The zero-order valence-electron chi connectivity index (χ0n) is 12.5. The molecular weight excluding hydrogens is 284 g/mol. The molecule has 0 aliphatic carbocycles. The monoisotopic (exact) mass is 304 g/mol. The molecule has 0 spiro atoms. The van der Waals surface area contributed by atoms with Crippen molar-refractivity contribution in [3.63, 3.8) is 0 Å². The number of aromatic nitrogens is 2. The highest BCUT2D eigenvalue weighted by molar-refractivity contribution is 7.08. The Morgan fingerprint density at radius 2 is 2.24 bits per heavy atom.